The van der Waals surface area contributed by atoms with Crippen molar-refractivity contribution >= 4 is 0 Å². The largest absolute Gasteiger partial charge is 0.388 e. The lowest BCUT2D eigenvalue weighted by Crippen LogP contribution is -2.65. The van der Waals surface area contributed by atoms with E-state index in [-0.39, 0.29) is 0 Å². The van der Waals surface area contributed by atoms with E-state index in [1.165, 1.54) is 20.8 Å². The van der Waals surface area contributed by atoms with Gasteiger partial charge in [-0.1, -0.05) is 0 Å². The molecule has 0 aromatic carbocycles. The number of ether oxygens (including phenoxy) is 5. The van der Waals surface area contributed by atoms with Crippen LogP contribution in [0, 0.1) is 0 Å². The number of aliphatic hydroxyl groups excluding tert-OH is 8. The van der Waals surface area contributed by atoms with Gasteiger partial charge in [0.05, 0.1) is 18.3 Å². The zero-order valence-corrected chi connectivity index (χ0v) is 17.3. The maximum Gasteiger partial charge on any atom is 0.187 e. The second-order valence-electron chi connectivity index (χ2n) is 8.29. The topological polar surface area (TPSA) is 208 Å². The molecular weight excluding hydrogens is 424 g/mol. The van der Waals surface area contributed by atoms with Crippen LogP contribution >= 0.6 is 0 Å². The lowest BCUT2D eigenvalue weighted by molar-refractivity contribution is -0.382. The van der Waals surface area contributed by atoms with Crippen LogP contribution in [0.5, 0.6) is 0 Å². The lowest BCUT2D eigenvalue weighted by atomic mass is 9.97. The first kappa shape index (κ1) is 25.1. The summed E-state index contributed by atoms with van der Waals surface area (Å²) in [6.45, 7) is 4.34. The van der Waals surface area contributed by atoms with Crippen LogP contribution in [0.4, 0.5) is 0 Å². The lowest BCUT2D eigenvalue weighted by Gasteiger charge is -2.47. The summed E-state index contributed by atoms with van der Waals surface area (Å²) >= 11 is 0. The summed E-state index contributed by atoms with van der Waals surface area (Å²) in [5.74, 6) is 0. The number of hydrogen-bond donors (Lipinski definition) is 8. The summed E-state index contributed by atoms with van der Waals surface area (Å²) in [5, 5.41) is 81.1. The van der Waals surface area contributed by atoms with E-state index in [9.17, 15) is 40.9 Å². The molecule has 0 amide bonds. The van der Waals surface area contributed by atoms with E-state index >= 15 is 0 Å². The molecule has 0 aromatic rings. The van der Waals surface area contributed by atoms with Gasteiger partial charge in [0.25, 0.3) is 0 Å². The van der Waals surface area contributed by atoms with E-state index in [1.54, 1.807) is 0 Å². The van der Waals surface area contributed by atoms with Gasteiger partial charge in [-0.15, -0.1) is 0 Å². The fourth-order valence-electron chi connectivity index (χ4n) is 3.87. The molecule has 3 rings (SSSR count). The molecule has 3 fully saturated rings. The second-order valence-corrected chi connectivity index (χ2v) is 8.29. The first-order valence-electron chi connectivity index (χ1n) is 10.2. The number of rotatable bonds is 4. The molecule has 3 heterocycles. The average molecular weight is 456 g/mol. The standard InChI is InChI=1S/C18H32O13/c1-4-7(19)10(22)12(24)17(28-4)31-15-11(23)8(20)5(2)29-18(15)30-14-9(21)6(3)27-16(26)13(14)25/h4-26H,1-3H3. The van der Waals surface area contributed by atoms with Crippen molar-refractivity contribution in [2.24, 2.45) is 0 Å². The van der Waals surface area contributed by atoms with Crippen molar-refractivity contribution in [2.45, 2.75) is 113 Å². The summed E-state index contributed by atoms with van der Waals surface area (Å²) in [7, 11) is 0. The molecule has 0 saturated carbocycles. The molecule has 0 spiro atoms. The molecule has 3 aliphatic heterocycles. The van der Waals surface area contributed by atoms with Crippen LogP contribution < -0.4 is 0 Å². The highest BCUT2D eigenvalue weighted by atomic mass is 16.8. The van der Waals surface area contributed by atoms with Gasteiger partial charge in [-0.3, -0.25) is 0 Å². The zero-order chi connectivity index (χ0) is 23.2. The van der Waals surface area contributed by atoms with Gasteiger partial charge in [-0.2, -0.15) is 0 Å². The first-order chi connectivity index (χ1) is 14.4. The van der Waals surface area contributed by atoms with E-state index in [1.807, 2.05) is 0 Å². The molecule has 15 unspecified atom stereocenters. The van der Waals surface area contributed by atoms with E-state index < -0.39 is 92.1 Å². The predicted octanol–water partition coefficient (Wildman–Crippen LogP) is -4.49. The van der Waals surface area contributed by atoms with E-state index in [4.69, 9.17) is 23.7 Å². The highest BCUT2D eigenvalue weighted by Gasteiger charge is 2.52. The van der Waals surface area contributed by atoms with E-state index in [2.05, 4.69) is 0 Å². The van der Waals surface area contributed by atoms with Crippen LogP contribution in [0.25, 0.3) is 0 Å². The molecule has 15 atom stereocenters. The number of hydrogen-bond acceptors (Lipinski definition) is 13. The Morgan fingerprint density at radius 2 is 0.935 bits per heavy atom. The summed E-state index contributed by atoms with van der Waals surface area (Å²) in [5.41, 5.74) is 0. The Morgan fingerprint density at radius 1 is 0.452 bits per heavy atom. The van der Waals surface area contributed by atoms with Crippen LogP contribution in [-0.2, 0) is 23.7 Å². The van der Waals surface area contributed by atoms with Crippen molar-refractivity contribution in [1.29, 1.82) is 0 Å². The smallest absolute Gasteiger partial charge is 0.187 e. The minimum absolute atomic E-state index is 0.903. The Kier molecular flexibility index (Phi) is 7.91. The van der Waals surface area contributed by atoms with Gasteiger partial charge >= 0.3 is 0 Å². The monoisotopic (exact) mass is 456 g/mol. The summed E-state index contributed by atoms with van der Waals surface area (Å²) < 4.78 is 27.1. The quantitative estimate of drug-likeness (QED) is 0.201. The van der Waals surface area contributed by atoms with Crippen molar-refractivity contribution < 1.29 is 64.5 Å². The second kappa shape index (κ2) is 9.77. The molecule has 8 N–H and O–H groups in total. The number of aliphatic hydroxyl groups is 8. The minimum atomic E-state index is -1.70. The Balaban J connectivity index is 1.80. The summed E-state index contributed by atoms with van der Waals surface area (Å²) in [6, 6.07) is 0. The van der Waals surface area contributed by atoms with Crippen LogP contribution in [0.1, 0.15) is 20.8 Å². The van der Waals surface area contributed by atoms with Gasteiger partial charge in [-0.25, -0.2) is 0 Å². The van der Waals surface area contributed by atoms with Gasteiger partial charge in [0.2, 0.25) is 0 Å². The van der Waals surface area contributed by atoms with Crippen LogP contribution in [0.3, 0.4) is 0 Å². The van der Waals surface area contributed by atoms with Gasteiger partial charge in [0.1, 0.15) is 54.9 Å². The van der Waals surface area contributed by atoms with Gasteiger partial charge in [0, 0.05) is 0 Å². The molecule has 3 aliphatic rings. The fourth-order valence-corrected chi connectivity index (χ4v) is 3.87. The molecule has 0 bridgehead atoms. The fraction of sp³-hybridized carbons (Fsp3) is 1.00. The van der Waals surface area contributed by atoms with Crippen molar-refractivity contribution in [3.63, 3.8) is 0 Å². The highest BCUT2D eigenvalue weighted by molar-refractivity contribution is 4.94. The third kappa shape index (κ3) is 4.89. The van der Waals surface area contributed by atoms with E-state index in [0.29, 0.717) is 0 Å². The Hall–Kier alpha value is -0.520. The predicted molar refractivity (Wildman–Crippen MR) is 97.0 cm³/mol. The van der Waals surface area contributed by atoms with Crippen molar-refractivity contribution in [3.8, 4) is 0 Å². The molecule has 13 nitrogen and oxygen atoms in total. The molecule has 0 aliphatic carbocycles. The minimum Gasteiger partial charge on any atom is -0.388 e. The molecule has 0 aromatic heterocycles. The molecule has 31 heavy (non-hydrogen) atoms. The summed E-state index contributed by atoms with van der Waals surface area (Å²) in [4.78, 5) is 0. The average Bonchev–Trinajstić information content (AvgIpc) is 2.72. The molecule has 3 saturated heterocycles. The van der Waals surface area contributed by atoms with Gasteiger partial charge in [-0.05, 0) is 20.8 Å². The van der Waals surface area contributed by atoms with Crippen LogP contribution in [0.2, 0.25) is 0 Å². The molecule has 182 valence electrons. The van der Waals surface area contributed by atoms with Crippen LogP contribution in [-0.4, -0.2) is 133 Å². The highest BCUT2D eigenvalue weighted by Crippen LogP contribution is 2.32. The third-order valence-corrected chi connectivity index (χ3v) is 5.98. The third-order valence-electron chi connectivity index (χ3n) is 5.98. The first-order valence-corrected chi connectivity index (χ1v) is 10.2. The Bertz CT molecular complexity index is 581. The molecule has 13 heteroatoms. The molecule has 0 radical (unpaired) electrons. The molecular formula is C18H32O13. The summed E-state index contributed by atoms with van der Waals surface area (Å²) in [6.07, 6.45) is -21.1. The van der Waals surface area contributed by atoms with Gasteiger partial charge < -0.3 is 64.5 Å². The Labute approximate surface area is 178 Å². The zero-order valence-electron chi connectivity index (χ0n) is 17.3. The SMILES string of the molecule is CC1OC(OC2C(OC3C(O)C(C)OC(O)C3O)OC(C)C(O)C2O)C(O)C(O)C1O. The van der Waals surface area contributed by atoms with E-state index in [0.717, 1.165) is 0 Å². The van der Waals surface area contributed by atoms with Crippen molar-refractivity contribution in [2.75, 3.05) is 0 Å². The van der Waals surface area contributed by atoms with Gasteiger partial charge in [0.15, 0.2) is 18.9 Å². The van der Waals surface area contributed by atoms with Crippen LogP contribution in [0.15, 0.2) is 0 Å². The van der Waals surface area contributed by atoms with Crippen molar-refractivity contribution in [3.05, 3.63) is 0 Å². The maximum absolute atomic E-state index is 10.6. The van der Waals surface area contributed by atoms with Crippen molar-refractivity contribution in [1.82, 2.24) is 0 Å². The Morgan fingerprint density at radius 3 is 1.55 bits per heavy atom. The normalized spacial score (nSPS) is 56.4. The maximum atomic E-state index is 10.6.